The van der Waals surface area contributed by atoms with Crippen LogP contribution >= 0.6 is 0 Å². The average molecular weight is 350 g/mol. The fraction of sp³-hybridized carbons (Fsp3) is 0.250. The molecule has 134 valence electrons. The number of benzene rings is 2. The first-order valence-electron chi connectivity index (χ1n) is 8.46. The number of ether oxygens (including phenoxy) is 1. The molecule has 0 aliphatic heterocycles. The molecular formula is C20H22N4O2. The van der Waals surface area contributed by atoms with Crippen LogP contribution in [0.15, 0.2) is 55.1 Å². The molecule has 3 aromatic rings. The highest BCUT2D eigenvalue weighted by atomic mass is 16.5. The van der Waals surface area contributed by atoms with E-state index in [1.54, 1.807) is 11.0 Å². The van der Waals surface area contributed by atoms with Crippen LogP contribution in [-0.2, 0) is 4.79 Å². The van der Waals surface area contributed by atoms with E-state index in [4.69, 9.17) is 4.74 Å². The van der Waals surface area contributed by atoms with E-state index in [9.17, 15) is 4.79 Å². The smallest absolute Gasteiger partial charge is 0.258 e. The lowest BCUT2D eigenvalue weighted by molar-refractivity contribution is -0.123. The summed E-state index contributed by atoms with van der Waals surface area (Å²) < 4.78 is 7.29. The Morgan fingerprint density at radius 1 is 1.15 bits per heavy atom. The zero-order chi connectivity index (χ0) is 18.5. The number of nitrogens with zero attached hydrogens (tertiary/aromatic N) is 3. The SMILES string of the molecule is Cc1cc(C)cc(OCC(=O)N[C@@H](C)c2ccc(-n3cncn3)cc2)c1. The van der Waals surface area contributed by atoms with Gasteiger partial charge in [0.1, 0.15) is 18.4 Å². The molecule has 1 aromatic heterocycles. The number of nitrogens with one attached hydrogen (secondary N) is 1. The summed E-state index contributed by atoms with van der Waals surface area (Å²) in [6.45, 7) is 5.94. The minimum atomic E-state index is -0.156. The fourth-order valence-corrected chi connectivity index (χ4v) is 2.79. The molecular weight excluding hydrogens is 328 g/mol. The van der Waals surface area contributed by atoms with E-state index in [2.05, 4.69) is 21.5 Å². The summed E-state index contributed by atoms with van der Waals surface area (Å²) in [4.78, 5) is 16.1. The standard InChI is InChI=1S/C20H22N4O2/c1-14-8-15(2)10-19(9-14)26-11-20(25)23-16(3)17-4-6-18(7-5-17)24-13-21-12-22-24/h4-10,12-13,16H,11H2,1-3H3,(H,23,25)/t16-/m0/s1. The Hall–Kier alpha value is -3.15. The average Bonchev–Trinajstić information content (AvgIpc) is 3.14. The van der Waals surface area contributed by atoms with Crippen molar-refractivity contribution in [1.82, 2.24) is 20.1 Å². The molecule has 1 N–H and O–H groups in total. The van der Waals surface area contributed by atoms with Crippen LogP contribution in [0.5, 0.6) is 5.75 Å². The van der Waals surface area contributed by atoms with Gasteiger partial charge in [-0.15, -0.1) is 0 Å². The monoisotopic (exact) mass is 350 g/mol. The molecule has 1 atom stereocenters. The predicted molar refractivity (Wildman–Crippen MR) is 99.3 cm³/mol. The molecule has 26 heavy (non-hydrogen) atoms. The molecule has 0 fully saturated rings. The van der Waals surface area contributed by atoms with Gasteiger partial charge in [-0.3, -0.25) is 4.79 Å². The first-order valence-corrected chi connectivity index (χ1v) is 8.46. The Bertz CT molecular complexity index is 853. The summed E-state index contributed by atoms with van der Waals surface area (Å²) in [5, 5.41) is 7.05. The first-order chi connectivity index (χ1) is 12.5. The second-order valence-electron chi connectivity index (χ2n) is 6.33. The highest BCUT2D eigenvalue weighted by molar-refractivity contribution is 5.78. The summed E-state index contributed by atoms with van der Waals surface area (Å²) in [5.41, 5.74) is 4.15. The van der Waals surface area contributed by atoms with Crippen LogP contribution in [0.2, 0.25) is 0 Å². The molecule has 6 heteroatoms. The van der Waals surface area contributed by atoms with Crippen molar-refractivity contribution in [2.24, 2.45) is 0 Å². The minimum absolute atomic E-state index is 0.00965. The Kier molecular flexibility index (Phi) is 5.31. The fourth-order valence-electron chi connectivity index (χ4n) is 2.79. The van der Waals surface area contributed by atoms with Crippen LogP contribution in [-0.4, -0.2) is 27.3 Å². The summed E-state index contributed by atoms with van der Waals surface area (Å²) in [5.74, 6) is 0.555. The molecule has 2 aromatic carbocycles. The highest BCUT2D eigenvalue weighted by Crippen LogP contribution is 2.17. The van der Waals surface area contributed by atoms with Crippen molar-refractivity contribution in [2.45, 2.75) is 26.8 Å². The van der Waals surface area contributed by atoms with E-state index in [1.165, 1.54) is 6.33 Å². The van der Waals surface area contributed by atoms with Crippen LogP contribution < -0.4 is 10.1 Å². The number of hydrogen-bond acceptors (Lipinski definition) is 4. The van der Waals surface area contributed by atoms with Gasteiger partial charge < -0.3 is 10.1 Å². The Morgan fingerprint density at radius 2 is 1.85 bits per heavy atom. The number of aromatic nitrogens is 3. The quantitative estimate of drug-likeness (QED) is 0.741. The van der Waals surface area contributed by atoms with Gasteiger partial charge >= 0.3 is 0 Å². The lowest BCUT2D eigenvalue weighted by Crippen LogP contribution is -2.31. The van der Waals surface area contributed by atoms with Crippen molar-refractivity contribution in [3.63, 3.8) is 0 Å². The third kappa shape index (κ3) is 4.47. The van der Waals surface area contributed by atoms with Gasteiger partial charge in [-0.25, -0.2) is 9.67 Å². The number of aryl methyl sites for hydroxylation is 2. The van der Waals surface area contributed by atoms with Gasteiger partial charge in [0, 0.05) is 0 Å². The lowest BCUT2D eigenvalue weighted by atomic mass is 10.1. The van der Waals surface area contributed by atoms with E-state index in [0.29, 0.717) is 5.75 Å². The number of carbonyl (C=O) groups is 1. The van der Waals surface area contributed by atoms with Crippen molar-refractivity contribution in [3.8, 4) is 11.4 Å². The third-order valence-corrected chi connectivity index (χ3v) is 4.02. The Labute approximate surface area is 152 Å². The number of carbonyl (C=O) groups excluding carboxylic acids is 1. The van der Waals surface area contributed by atoms with Gasteiger partial charge in [-0.1, -0.05) is 18.2 Å². The van der Waals surface area contributed by atoms with Crippen molar-refractivity contribution < 1.29 is 9.53 Å². The molecule has 3 rings (SSSR count). The molecule has 0 spiro atoms. The molecule has 0 unspecified atom stereocenters. The predicted octanol–water partition coefficient (Wildman–Crippen LogP) is 3.14. The Morgan fingerprint density at radius 3 is 2.46 bits per heavy atom. The minimum Gasteiger partial charge on any atom is -0.484 e. The number of amides is 1. The summed E-state index contributed by atoms with van der Waals surface area (Å²) in [7, 11) is 0. The molecule has 1 amide bonds. The Balaban J connectivity index is 1.55. The molecule has 0 aliphatic rings. The van der Waals surface area contributed by atoms with Gasteiger partial charge in [0.05, 0.1) is 11.7 Å². The topological polar surface area (TPSA) is 69.0 Å². The van der Waals surface area contributed by atoms with Gasteiger partial charge in [0.15, 0.2) is 6.61 Å². The molecule has 0 saturated carbocycles. The second-order valence-corrected chi connectivity index (χ2v) is 6.33. The van der Waals surface area contributed by atoms with E-state index in [-0.39, 0.29) is 18.6 Å². The molecule has 0 radical (unpaired) electrons. The molecule has 0 bridgehead atoms. The zero-order valence-electron chi connectivity index (χ0n) is 15.1. The maximum atomic E-state index is 12.2. The number of rotatable bonds is 6. The van der Waals surface area contributed by atoms with Crippen molar-refractivity contribution in [3.05, 3.63) is 71.8 Å². The lowest BCUT2D eigenvalue weighted by Gasteiger charge is -2.15. The first kappa shape index (κ1) is 17.7. The van der Waals surface area contributed by atoms with Crippen LogP contribution in [0.1, 0.15) is 29.7 Å². The van der Waals surface area contributed by atoms with E-state index < -0.39 is 0 Å². The second kappa shape index (κ2) is 7.82. The maximum Gasteiger partial charge on any atom is 0.258 e. The molecule has 0 aliphatic carbocycles. The van der Waals surface area contributed by atoms with Gasteiger partial charge in [-0.05, 0) is 61.7 Å². The van der Waals surface area contributed by atoms with Crippen LogP contribution in [0.3, 0.4) is 0 Å². The molecule has 0 saturated heterocycles. The van der Waals surface area contributed by atoms with Gasteiger partial charge in [0.25, 0.3) is 5.91 Å². The molecule has 6 nitrogen and oxygen atoms in total. The van der Waals surface area contributed by atoms with Crippen LogP contribution in [0, 0.1) is 13.8 Å². The number of hydrogen-bond donors (Lipinski definition) is 1. The van der Waals surface area contributed by atoms with E-state index in [0.717, 1.165) is 22.4 Å². The van der Waals surface area contributed by atoms with Crippen LogP contribution in [0.25, 0.3) is 5.69 Å². The summed E-state index contributed by atoms with van der Waals surface area (Å²) in [6.07, 6.45) is 3.14. The van der Waals surface area contributed by atoms with Crippen LogP contribution in [0.4, 0.5) is 0 Å². The largest absolute Gasteiger partial charge is 0.484 e. The van der Waals surface area contributed by atoms with Gasteiger partial charge in [0.2, 0.25) is 0 Å². The molecule has 1 heterocycles. The highest BCUT2D eigenvalue weighted by Gasteiger charge is 2.11. The van der Waals surface area contributed by atoms with Crippen molar-refractivity contribution in [1.29, 1.82) is 0 Å². The van der Waals surface area contributed by atoms with Crippen molar-refractivity contribution >= 4 is 5.91 Å². The van der Waals surface area contributed by atoms with E-state index in [1.807, 2.05) is 57.2 Å². The third-order valence-electron chi connectivity index (χ3n) is 4.02. The van der Waals surface area contributed by atoms with E-state index >= 15 is 0 Å². The normalized spacial score (nSPS) is 11.8. The van der Waals surface area contributed by atoms with Gasteiger partial charge in [-0.2, -0.15) is 5.10 Å². The van der Waals surface area contributed by atoms with Crippen molar-refractivity contribution in [2.75, 3.05) is 6.61 Å². The zero-order valence-corrected chi connectivity index (χ0v) is 15.1. The summed E-state index contributed by atoms with van der Waals surface area (Å²) >= 11 is 0. The summed E-state index contributed by atoms with van der Waals surface area (Å²) in [6, 6.07) is 13.6. The maximum absolute atomic E-state index is 12.2.